The molecule has 3 aromatic rings. The Labute approximate surface area is 175 Å². The van der Waals surface area contributed by atoms with Crippen LogP contribution in [0.5, 0.6) is 5.75 Å². The van der Waals surface area contributed by atoms with Gasteiger partial charge in [0.1, 0.15) is 5.75 Å². The van der Waals surface area contributed by atoms with Gasteiger partial charge in [0, 0.05) is 24.8 Å². The third kappa shape index (κ3) is 5.38. The Balaban J connectivity index is 1.42. The maximum Gasteiger partial charge on any atom is 0.573 e. The first-order chi connectivity index (χ1) is 14.9. The fraction of sp³-hybridized carbons (Fsp3) is 0.250. The third-order valence-electron chi connectivity index (χ3n) is 4.51. The second-order valence-corrected chi connectivity index (χ2v) is 6.73. The predicted octanol–water partition coefficient (Wildman–Crippen LogP) is 3.08. The molecule has 1 aromatic heterocycles. The maximum absolute atomic E-state index is 12.5. The SMILES string of the molecule is O=C(Nc1ccc([C@H]2CNCCO2)cc1)c1cn(-c2cccc(OC(F)(F)F)c2)nn1. The van der Waals surface area contributed by atoms with Crippen LogP contribution < -0.4 is 15.4 Å². The molecular weight excluding hydrogens is 415 g/mol. The van der Waals surface area contributed by atoms with Crippen LogP contribution in [0.15, 0.2) is 54.7 Å². The summed E-state index contributed by atoms with van der Waals surface area (Å²) in [5.41, 5.74) is 1.83. The van der Waals surface area contributed by atoms with E-state index in [0.29, 0.717) is 12.3 Å². The summed E-state index contributed by atoms with van der Waals surface area (Å²) in [5.74, 6) is -0.902. The summed E-state index contributed by atoms with van der Waals surface area (Å²) >= 11 is 0. The molecule has 1 amide bonds. The highest BCUT2D eigenvalue weighted by Crippen LogP contribution is 2.25. The highest BCUT2D eigenvalue weighted by Gasteiger charge is 2.31. The number of alkyl halides is 3. The van der Waals surface area contributed by atoms with Crippen molar-refractivity contribution in [3.05, 3.63) is 66.0 Å². The Morgan fingerprint density at radius 1 is 1.23 bits per heavy atom. The van der Waals surface area contributed by atoms with E-state index in [2.05, 4.69) is 25.7 Å². The van der Waals surface area contributed by atoms with Crippen molar-refractivity contribution in [2.75, 3.05) is 25.0 Å². The lowest BCUT2D eigenvalue weighted by Gasteiger charge is -2.24. The molecule has 0 aliphatic carbocycles. The van der Waals surface area contributed by atoms with E-state index in [-0.39, 0.29) is 17.5 Å². The molecule has 0 radical (unpaired) electrons. The van der Waals surface area contributed by atoms with Gasteiger partial charge in [-0.25, -0.2) is 4.68 Å². The number of carbonyl (C=O) groups is 1. The number of rotatable bonds is 5. The lowest BCUT2D eigenvalue weighted by molar-refractivity contribution is -0.274. The number of benzene rings is 2. The van der Waals surface area contributed by atoms with Crippen LogP contribution in [0.3, 0.4) is 0 Å². The average Bonchev–Trinajstić information content (AvgIpc) is 3.25. The number of hydrogen-bond acceptors (Lipinski definition) is 6. The van der Waals surface area contributed by atoms with E-state index in [0.717, 1.165) is 24.7 Å². The van der Waals surface area contributed by atoms with E-state index in [4.69, 9.17) is 4.74 Å². The lowest BCUT2D eigenvalue weighted by atomic mass is 10.1. The van der Waals surface area contributed by atoms with E-state index in [1.807, 2.05) is 12.1 Å². The van der Waals surface area contributed by atoms with Gasteiger partial charge in [-0.1, -0.05) is 23.4 Å². The molecule has 1 atom stereocenters. The molecule has 0 saturated carbocycles. The van der Waals surface area contributed by atoms with E-state index in [1.165, 1.54) is 29.1 Å². The average molecular weight is 433 g/mol. The number of nitrogens with one attached hydrogen (secondary N) is 2. The summed E-state index contributed by atoms with van der Waals surface area (Å²) in [5, 5.41) is 13.6. The van der Waals surface area contributed by atoms with Gasteiger partial charge in [0.2, 0.25) is 0 Å². The standard InChI is InChI=1S/C20H18F3N5O3/c21-20(22,23)31-16-3-1-2-15(10-16)28-12-17(26-27-28)19(29)25-14-6-4-13(5-7-14)18-11-24-8-9-30-18/h1-7,10,12,18,24H,8-9,11H2,(H,25,29)/t18-/m1/s1. The van der Waals surface area contributed by atoms with Crippen LogP contribution in [0.1, 0.15) is 22.2 Å². The fourth-order valence-electron chi connectivity index (χ4n) is 3.07. The lowest BCUT2D eigenvalue weighted by Crippen LogP contribution is -2.33. The maximum atomic E-state index is 12.5. The molecule has 0 bridgehead atoms. The van der Waals surface area contributed by atoms with Gasteiger partial charge in [0.25, 0.3) is 5.91 Å². The second kappa shape index (κ2) is 8.74. The first kappa shape index (κ1) is 20.8. The molecule has 8 nitrogen and oxygen atoms in total. The Kier molecular flexibility index (Phi) is 5.87. The highest BCUT2D eigenvalue weighted by molar-refractivity contribution is 6.02. The molecule has 1 aliphatic heterocycles. The molecule has 4 rings (SSSR count). The van der Waals surface area contributed by atoms with Crippen molar-refractivity contribution in [2.24, 2.45) is 0 Å². The summed E-state index contributed by atoms with van der Waals surface area (Å²) in [7, 11) is 0. The molecule has 2 N–H and O–H groups in total. The normalized spacial score (nSPS) is 16.7. The molecule has 1 fully saturated rings. The zero-order chi connectivity index (χ0) is 21.8. The Hall–Kier alpha value is -3.44. The van der Waals surface area contributed by atoms with Crippen molar-refractivity contribution in [3.8, 4) is 11.4 Å². The number of aromatic nitrogens is 3. The van der Waals surface area contributed by atoms with Crippen LogP contribution in [0.2, 0.25) is 0 Å². The third-order valence-corrected chi connectivity index (χ3v) is 4.51. The minimum atomic E-state index is -4.80. The van der Waals surface area contributed by atoms with Crippen LogP contribution in [-0.4, -0.2) is 47.0 Å². The number of nitrogens with zero attached hydrogens (tertiary/aromatic N) is 3. The van der Waals surface area contributed by atoms with Crippen molar-refractivity contribution in [1.82, 2.24) is 20.3 Å². The first-order valence-corrected chi connectivity index (χ1v) is 9.39. The highest BCUT2D eigenvalue weighted by atomic mass is 19.4. The zero-order valence-corrected chi connectivity index (χ0v) is 16.1. The molecule has 1 saturated heterocycles. The topological polar surface area (TPSA) is 90.3 Å². The molecule has 31 heavy (non-hydrogen) atoms. The largest absolute Gasteiger partial charge is 0.573 e. The summed E-state index contributed by atoms with van der Waals surface area (Å²) in [6.45, 7) is 2.19. The van der Waals surface area contributed by atoms with Gasteiger partial charge in [0.15, 0.2) is 5.69 Å². The molecule has 162 valence electrons. The predicted molar refractivity (Wildman–Crippen MR) is 104 cm³/mol. The second-order valence-electron chi connectivity index (χ2n) is 6.73. The van der Waals surface area contributed by atoms with Gasteiger partial charge in [-0.05, 0) is 29.8 Å². The zero-order valence-electron chi connectivity index (χ0n) is 16.1. The summed E-state index contributed by atoms with van der Waals surface area (Å²) in [4.78, 5) is 12.5. The Morgan fingerprint density at radius 3 is 2.74 bits per heavy atom. The van der Waals surface area contributed by atoms with Crippen LogP contribution in [-0.2, 0) is 4.74 Å². The van der Waals surface area contributed by atoms with Crippen molar-refractivity contribution in [3.63, 3.8) is 0 Å². The van der Waals surface area contributed by atoms with Crippen LogP contribution in [0.4, 0.5) is 18.9 Å². The van der Waals surface area contributed by atoms with Crippen LogP contribution in [0, 0.1) is 0 Å². The van der Waals surface area contributed by atoms with Crippen molar-refractivity contribution in [2.45, 2.75) is 12.5 Å². The first-order valence-electron chi connectivity index (χ1n) is 9.39. The summed E-state index contributed by atoms with van der Waals surface area (Å²) in [6.07, 6.45) is -3.52. The minimum absolute atomic E-state index is 0.00559. The van der Waals surface area contributed by atoms with E-state index in [1.54, 1.807) is 12.1 Å². The van der Waals surface area contributed by atoms with Gasteiger partial charge in [-0.3, -0.25) is 4.79 Å². The molecule has 1 aliphatic rings. The Bertz CT molecular complexity index is 1050. The summed E-state index contributed by atoms with van der Waals surface area (Å²) in [6, 6.07) is 12.5. The van der Waals surface area contributed by atoms with Gasteiger partial charge in [-0.2, -0.15) is 0 Å². The molecular formula is C20H18F3N5O3. The molecule has 0 spiro atoms. The summed E-state index contributed by atoms with van der Waals surface area (Å²) < 4.78 is 48.0. The van der Waals surface area contributed by atoms with Gasteiger partial charge in [-0.15, -0.1) is 18.3 Å². The number of carbonyl (C=O) groups excluding carboxylic acids is 1. The van der Waals surface area contributed by atoms with E-state index < -0.39 is 18.0 Å². The number of anilines is 1. The number of hydrogen-bond donors (Lipinski definition) is 2. The van der Waals surface area contributed by atoms with E-state index in [9.17, 15) is 18.0 Å². The number of halogens is 3. The van der Waals surface area contributed by atoms with Crippen LogP contribution >= 0.6 is 0 Å². The fourth-order valence-corrected chi connectivity index (χ4v) is 3.07. The quantitative estimate of drug-likeness (QED) is 0.643. The minimum Gasteiger partial charge on any atom is -0.406 e. The molecule has 0 unspecified atom stereocenters. The van der Waals surface area contributed by atoms with Gasteiger partial charge < -0.3 is 20.1 Å². The van der Waals surface area contributed by atoms with Crippen molar-refractivity contribution >= 4 is 11.6 Å². The van der Waals surface area contributed by atoms with Gasteiger partial charge in [0.05, 0.1) is 24.6 Å². The number of ether oxygens (including phenoxy) is 2. The smallest absolute Gasteiger partial charge is 0.406 e. The monoisotopic (exact) mass is 433 g/mol. The van der Waals surface area contributed by atoms with Crippen molar-refractivity contribution in [1.29, 1.82) is 0 Å². The molecule has 2 heterocycles. The van der Waals surface area contributed by atoms with E-state index >= 15 is 0 Å². The number of morpholine rings is 1. The molecule has 11 heteroatoms. The Morgan fingerprint density at radius 2 is 2.03 bits per heavy atom. The molecule has 2 aromatic carbocycles. The number of amides is 1. The van der Waals surface area contributed by atoms with Crippen molar-refractivity contribution < 1.29 is 27.4 Å². The van der Waals surface area contributed by atoms with Gasteiger partial charge >= 0.3 is 6.36 Å². The van der Waals surface area contributed by atoms with Crippen LogP contribution in [0.25, 0.3) is 5.69 Å².